The van der Waals surface area contributed by atoms with Crippen molar-refractivity contribution in [2.45, 2.75) is 6.04 Å². The van der Waals surface area contributed by atoms with Gasteiger partial charge in [0.1, 0.15) is 12.0 Å². The number of hydrogen-bond donors (Lipinski definition) is 1. The zero-order chi connectivity index (χ0) is 14.1. The minimum absolute atomic E-state index is 0.0714. The zero-order valence-corrected chi connectivity index (χ0v) is 11.7. The Morgan fingerprint density at radius 2 is 2.10 bits per heavy atom. The fraction of sp³-hybridized carbons (Fsp3) is 0.583. The summed E-state index contributed by atoms with van der Waals surface area (Å²) >= 11 is 6.08. The van der Waals surface area contributed by atoms with E-state index in [-0.39, 0.29) is 5.69 Å². The number of hydrogen-bond acceptors (Lipinski definition) is 6. The van der Waals surface area contributed by atoms with Crippen molar-refractivity contribution in [1.29, 1.82) is 0 Å². The normalized spacial score (nSPS) is 20.8. The standard InChI is InChI=1S/C12H16ClN5O2/c13-11-5-9(18(19)20)6-15-12(11)17-7-10(8-17)16-3-1-14-2-4-16/h5-6,10,14H,1-4,7-8H2. The Labute approximate surface area is 121 Å². The average molecular weight is 298 g/mol. The second kappa shape index (κ2) is 5.51. The van der Waals surface area contributed by atoms with Crippen LogP contribution in [0.25, 0.3) is 0 Å². The Balaban J connectivity index is 1.63. The van der Waals surface area contributed by atoms with Gasteiger partial charge in [0.2, 0.25) is 0 Å². The molecule has 0 spiro atoms. The molecule has 8 heteroatoms. The molecule has 0 radical (unpaired) electrons. The van der Waals surface area contributed by atoms with Gasteiger partial charge < -0.3 is 10.2 Å². The lowest BCUT2D eigenvalue weighted by Crippen LogP contribution is -2.63. The molecule has 3 rings (SSSR count). The van der Waals surface area contributed by atoms with Gasteiger partial charge in [-0.15, -0.1) is 0 Å². The maximum atomic E-state index is 10.7. The second-order valence-corrected chi connectivity index (χ2v) is 5.51. The van der Waals surface area contributed by atoms with E-state index >= 15 is 0 Å². The van der Waals surface area contributed by atoms with E-state index < -0.39 is 4.92 Å². The Morgan fingerprint density at radius 3 is 2.70 bits per heavy atom. The lowest BCUT2D eigenvalue weighted by molar-refractivity contribution is -0.385. The molecule has 7 nitrogen and oxygen atoms in total. The van der Waals surface area contributed by atoms with Gasteiger partial charge >= 0.3 is 0 Å². The van der Waals surface area contributed by atoms with Crippen LogP contribution in [0.3, 0.4) is 0 Å². The third-order valence-electron chi connectivity index (χ3n) is 3.85. The van der Waals surface area contributed by atoms with Gasteiger partial charge in [-0.05, 0) is 0 Å². The Hall–Kier alpha value is -1.44. The number of pyridine rings is 1. The highest BCUT2D eigenvalue weighted by atomic mass is 35.5. The summed E-state index contributed by atoms with van der Waals surface area (Å²) in [5, 5.41) is 14.3. The van der Waals surface area contributed by atoms with Gasteiger partial charge in [0, 0.05) is 51.4 Å². The Bertz CT molecular complexity index is 515. The van der Waals surface area contributed by atoms with Gasteiger partial charge in [-0.3, -0.25) is 15.0 Å². The average Bonchev–Trinajstić information content (AvgIpc) is 2.40. The first kappa shape index (κ1) is 13.5. The highest BCUT2D eigenvalue weighted by Gasteiger charge is 2.34. The van der Waals surface area contributed by atoms with Crippen LogP contribution in [0.1, 0.15) is 0 Å². The predicted molar refractivity (Wildman–Crippen MR) is 76.3 cm³/mol. The number of halogens is 1. The van der Waals surface area contributed by atoms with Gasteiger partial charge in [0.15, 0.2) is 0 Å². The summed E-state index contributed by atoms with van der Waals surface area (Å²) in [7, 11) is 0. The molecular weight excluding hydrogens is 282 g/mol. The monoisotopic (exact) mass is 297 g/mol. The van der Waals surface area contributed by atoms with Crippen molar-refractivity contribution in [3.05, 3.63) is 27.4 Å². The molecule has 1 N–H and O–H groups in total. The molecule has 1 aromatic heterocycles. The lowest BCUT2D eigenvalue weighted by atomic mass is 10.1. The van der Waals surface area contributed by atoms with Crippen LogP contribution in [0, 0.1) is 10.1 Å². The predicted octanol–water partition coefficient (Wildman–Crippen LogP) is 0.737. The van der Waals surface area contributed by atoms with Crippen LogP contribution in [0.4, 0.5) is 11.5 Å². The van der Waals surface area contributed by atoms with Crippen LogP contribution in [0.2, 0.25) is 5.02 Å². The largest absolute Gasteiger partial charge is 0.352 e. The first-order chi connectivity index (χ1) is 9.65. The molecule has 0 bridgehead atoms. The fourth-order valence-electron chi connectivity index (χ4n) is 2.66. The van der Waals surface area contributed by atoms with Gasteiger partial charge in [-0.1, -0.05) is 11.6 Å². The van der Waals surface area contributed by atoms with Crippen LogP contribution in [0.15, 0.2) is 12.3 Å². The summed E-state index contributed by atoms with van der Waals surface area (Å²) < 4.78 is 0. The van der Waals surface area contributed by atoms with Gasteiger partial charge in [0.05, 0.1) is 9.95 Å². The van der Waals surface area contributed by atoms with E-state index in [1.807, 2.05) is 0 Å². The topological polar surface area (TPSA) is 74.5 Å². The van der Waals surface area contributed by atoms with Crippen molar-refractivity contribution < 1.29 is 4.92 Å². The zero-order valence-electron chi connectivity index (χ0n) is 11.0. The number of rotatable bonds is 3. The molecule has 2 aliphatic heterocycles. The van der Waals surface area contributed by atoms with Crippen molar-refractivity contribution in [3.8, 4) is 0 Å². The third kappa shape index (κ3) is 2.56. The van der Waals surface area contributed by atoms with Crippen molar-refractivity contribution >= 4 is 23.1 Å². The molecule has 0 amide bonds. The highest BCUT2D eigenvalue weighted by molar-refractivity contribution is 6.33. The molecule has 20 heavy (non-hydrogen) atoms. The summed E-state index contributed by atoms with van der Waals surface area (Å²) in [4.78, 5) is 18.8. The highest BCUT2D eigenvalue weighted by Crippen LogP contribution is 2.31. The molecule has 0 aromatic carbocycles. The molecule has 2 fully saturated rings. The molecule has 0 aliphatic carbocycles. The van der Waals surface area contributed by atoms with Crippen LogP contribution in [0.5, 0.6) is 0 Å². The summed E-state index contributed by atoms with van der Waals surface area (Å²) in [5.74, 6) is 0.642. The van der Waals surface area contributed by atoms with E-state index in [1.165, 1.54) is 12.3 Å². The number of aromatic nitrogens is 1. The summed E-state index contributed by atoms with van der Waals surface area (Å²) in [6.45, 7) is 5.97. The maximum absolute atomic E-state index is 10.7. The molecule has 108 valence electrons. The summed E-state index contributed by atoms with van der Waals surface area (Å²) in [6.07, 6.45) is 1.26. The van der Waals surface area contributed by atoms with Crippen molar-refractivity contribution in [2.75, 3.05) is 44.2 Å². The van der Waals surface area contributed by atoms with E-state index in [0.717, 1.165) is 39.3 Å². The molecule has 2 saturated heterocycles. The molecule has 3 heterocycles. The first-order valence-corrected chi connectivity index (χ1v) is 7.02. The first-order valence-electron chi connectivity index (χ1n) is 6.65. The molecule has 2 aliphatic rings. The smallest absolute Gasteiger partial charge is 0.289 e. The van der Waals surface area contributed by atoms with Crippen LogP contribution >= 0.6 is 11.6 Å². The fourth-order valence-corrected chi connectivity index (χ4v) is 2.94. The molecule has 0 saturated carbocycles. The van der Waals surface area contributed by atoms with Crippen LogP contribution < -0.4 is 10.2 Å². The minimum atomic E-state index is -0.484. The van der Waals surface area contributed by atoms with E-state index in [2.05, 4.69) is 20.1 Å². The maximum Gasteiger partial charge on any atom is 0.289 e. The van der Waals surface area contributed by atoms with E-state index in [0.29, 0.717) is 16.9 Å². The number of anilines is 1. The number of nitrogens with zero attached hydrogens (tertiary/aromatic N) is 4. The quantitative estimate of drug-likeness (QED) is 0.655. The van der Waals surface area contributed by atoms with Crippen molar-refractivity contribution in [1.82, 2.24) is 15.2 Å². The second-order valence-electron chi connectivity index (χ2n) is 5.10. The van der Waals surface area contributed by atoms with Gasteiger partial charge in [-0.25, -0.2) is 4.98 Å². The summed E-state index contributed by atoms with van der Waals surface area (Å²) in [5.41, 5.74) is -0.0714. The number of piperazine rings is 1. The minimum Gasteiger partial charge on any atom is -0.352 e. The van der Waals surface area contributed by atoms with Crippen molar-refractivity contribution in [3.63, 3.8) is 0 Å². The Kier molecular flexibility index (Phi) is 3.73. The SMILES string of the molecule is O=[N+]([O-])c1cnc(N2CC(N3CCNCC3)C2)c(Cl)c1. The van der Waals surface area contributed by atoms with Crippen LogP contribution in [-0.2, 0) is 0 Å². The van der Waals surface area contributed by atoms with Gasteiger partial charge in [0.25, 0.3) is 5.69 Å². The molecule has 1 aromatic rings. The lowest BCUT2D eigenvalue weighted by Gasteiger charge is -2.47. The van der Waals surface area contributed by atoms with E-state index in [9.17, 15) is 10.1 Å². The van der Waals surface area contributed by atoms with Crippen LogP contribution in [-0.4, -0.2) is 60.1 Å². The number of nitro groups is 1. The van der Waals surface area contributed by atoms with Crippen molar-refractivity contribution in [2.24, 2.45) is 0 Å². The molecule has 0 atom stereocenters. The third-order valence-corrected chi connectivity index (χ3v) is 4.13. The summed E-state index contributed by atoms with van der Waals surface area (Å²) in [6, 6.07) is 1.90. The Morgan fingerprint density at radius 1 is 1.40 bits per heavy atom. The van der Waals surface area contributed by atoms with E-state index in [4.69, 9.17) is 11.6 Å². The molecule has 0 unspecified atom stereocenters. The number of nitrogens with one attached hydrogen (secondary N) is 1. The molecular formula is C12H16ClN5O2. The van der Waals surface area contributed by atoms with E-state index in [1.54, 1.807) is 0 Å². The van der Waals surface area contributed by atoms with Gasteiger partial charge in [-0.2, -0.15) is 0 Å².